The number of benzene rings is 1. The van der Waals surface area contributed by atoms with Crippen LogP contribution in [-0.4, -0.2) is 6.04 Å². The molecule has 1 unspecified atom stereocenters. The molecule has 0 aliphatic heterocycles. The summed E-state index contributed by atoms with van der Waals surface area (Å²) in [4.78, 5) is 0. The van der Waals surface area contributed by atoms with Crippen LogP contribution in [0.25, 0.3) is 0 Å². The maximum absolute atomic E-state index is 3.84. The second kappa shape index (κ2) is 7.98. The van der Waals surface area contributed by atoms with Gasteiger partial charge in [-0.25, -0.2) is 0 Å². The van der Waals surface area contributed by atoms with E-state index < -0.39 is 0 Å². The summed E-state index contributed by atoms with van der Waals surface area (Å²) < 4.78 is 0. The molecule has 0 amide bonds. The Morgan fingerprint density at radius 3 is 1.86 bits per heavy atom. The molecule has 1 aromatic carbocycles. The van der Waals surface area contributed by atoms with Crippen LogP contribution in [-0.2, 0) is 0 Å². The van der Waals surface area contributed by atoms with Crippen LogP contribution in [0.4, 0.5) is 0 Å². The van der Waals surface area contributed by atoms with Gasteiger partial charge in [-0.15, -0.1) is 0 Å². The lowest BCUT2D eigenvalue weighted by atomic mass is 9.92. The SMILES string of the molecule is CC(C)c1ccc(C(C)N[C@H](C)C2CCCCCC2)cc1. The van der Waals surface area contributed by atoms with Crippen molar-refractivity contribution in [2.24, 2.45) is 5.92 Å². The van der Waals surface area contributed by atoms with Crippen molar-refractivity contribution in [1.82, 2.24) is 5.32 Å². The molecule has 0 spiro atoms. The van der Waals surface area contributed by atoms with Crippen LogP contribution >= 0.6 is 0 Å². The molecule has 0 radical (unpaired) electrons. The van der Waals surface area contributed by atoms with Crippen molar-refractivity contribution in [3.63, 3.8) is 0 Å². The standard InChI is InChI=1S/C20H33N/c1-15(2)18-11-13-20(14-12-18)17(4)21-16(3)19-9-7-5-6-8-10-19/h11-17,19,21H,5-10H2,1-4H3/t16-,17?/m1/s1. The molecule has 2 rings (SSSR count). The van der Waals surface area contributed by atoms with Crippen LogP contribution < -0.4 is 5.32 Å². The summed E-state index contributed by atoms with van der Waals surface area (Å²) in [5.74, 6) is 1.48. The first-order valence-corrected chi connectivity index (χ1v) is 8.94. The Bertz CT molecular complexity index is 398. The number of hydrogen-bond acceptors (Lipinski definition) is 1. The van der Waals surface area contributed by atoms with Gasteiger partial charge in [0.05, 0.1) is 0 Å². The topological polar surface area (TPSA) is 12.0 Å². The van der Waals surface area contributed by atoms with Crippen LogP contribution in [0.3, 0.4) is 0 Å². The molecule has 1 fully saturated rings. The molecule has 21 heavy (non-hydrogen) atoms. The highest BCUT2D eigenvalue weighted by molar-refractivity contribution is 5.26. The van der Waals surface area contributed by atoms with E-state index in [0.29, 0.717) is 18.0 Å². The zero-order valence-corrected chi connectivity index (χ0v) is 14.4. The molecular formula is C20H33N. The van der Waals surface area contributed by atoms with E-state index in [1.807, 2.05) is 0 Å². The first-order chi connectivity index (χ1) is 10.1. The highest BCUT2D eigenvalue weighted by Crippen LogP contribution is 2.27. The molecule has 1 saturated carbocycles. The Morgan fingerprint density at radius 1 is 0.810 bits per heavy atom. The average Bonchev–Trinajstić information content (AvgIpc) is 2.76. The Morgan fingerprint density at radius 2 is 1.33 bits per heavy atom. The summed E-state index contributed by atoms with van der Waals surface area (Å²) in [6, 6.07) is 10.2. The minimum atomic E-state index is 0.449. The van der Waals surface area contributed by atoms with Crippen LogP contribution in [0.1, 0.15) is 89.3 Å². The molecule has 1 heteroatoms. The summed E-state index contributed by atoms with van der Waals surface area (Å²) in [6.07, 6.45) is 8.55. The molecule has 1 N–H and O–H groups in total. The van der Waals surface area contributed by atoms with Gasteiger partial charge in [0.15, 0.2) is 0 Å². The highest BCUT2D eigenvalue weighted by atomic mass is 14.9. The van der Waals surface area contributed by atoms with Crippen molar-refractivity contribution in [3.05, 3.63) is 35.4 Å². The summed E-state index contributed by atoms with van der Waals surface area (Å²) in [5.41, 5.74) is 2.85. The molecule has 0 bridgehead atoms. The Labute approximate surface area is 131 Å². The zero-order valence-electron chi connectivity index (χ0n) is 14.4. The number of nitrogens with one attached hydrogen (secondary N) is 1. The quantitative estimate of drug-likeness (QED) is 0.673. The molecule has 1 aliphatic carbocycles. The van der Waals surface area contributed by atoms with Crippen molar-refractivity contribution in [2.75, 3.05) is 0 Å². The maximum atomic E-state index is 3.84. The molecular weight excluding hydrogens is 254 g/mol. The van der Waals surface area contributed by atoms with Gasteiger partial charge in [0.25, 0.3) is 0 Å². The fourth-order valence-electron chi connectivity index (χ4n) is 3.61. The third-order valence-corrected chi connectivity index (χ3v) is 5.22. The van der Waals surface area contributed by atoms with Crippen LogP contribution in [0.15, 0.2) is 24.3 Å². The third-order valence-electron chi connectivity index (χ3n) is 5.22. The second-order valence-electron chi connectivity index (χ2n) is 7.25. The van der Waals surface area contributed by atoms with Gasteiger partial charge in [0.2, 0.25) is 0 Å². The molecule has 1 aliphatic rings. The van der Waals surface area contributed by atoms with Gasteiger partial charge in [-0.1, -0.05) is 63.8 Å². The van der Waals surface area contributed by atoms with Gasteiger partial charge < -0.3 is 5.32 Å². The number of hydrogen-bond donors (Lipinski definition) is 1. The molecule has 0 saturated heterocycles. The maximum Gasteiger partial charge on any atom is 0.0294 e. The lowest BCUT2D eigenvalue weighted by molar-refractivity contribution is 0.316. The van der Waals surface area contributed by atoms with Crippen LogP contribution in [0.2, 0.25) is 0 Å². The van der Waals surface area contributed by atoms with E-state index in [4.69, 9.17) is 0 Å². The van der Waals surface area contributed by atoms with Crippen LogP contribution in [0, 0.1) is 5.92 Å². The predicted molar refractivity (Wildman–Crippen MR) is 92.7 cm³/mol. The monoisotopic (exact) mass is 287 g/mol. The molecule has 2 atom stereocenters. The fraction of sp³-hybridized carbons (Fsp3) is 0.700. The minimum Gasteiger partial charge on any atom is -0.307 e. The Kier molecular flexibility index (Phi) is 6.29. The largest absolute Gasteiger partial charge is 0.307 e. The molecule has 1 nitrogen and oxygen atoms in total. The van der Waals surface area contributed by atoms with Gasteiger partial charge >= 0.3 is 0 Å². The van der Waals surface area contributed by atoms with Gasteiger partial charge in [-0.05, 0) is 49.7 Å². The second-order valence-corrected chi connectivity index (χ2v) is 7.25. The van der Waals surface area contributed by atoms with E-state index in [1.165, 1.54) is 49.7 Å². The summed E-state index contributed by atoms with van der Waals surface area (Å²) in [7, 11) is 0. The Balaban J connectivity index is 1.91. The zero-order chi connectivity index (χ0) is 15.2. The smallest absolute Gasteiger partial charge is 0.0294 e. The normalized spacial score (nSPS) is 20.2. The van der Waals surface area contributed by atoms with Crippen molar-refractivity contribution < 1.29 is 0 Å². The molecule has 0 heterocycles. The van der Waals surface area contributed by atoms with E-state index >= 15 is 0 Å². The first kappa shape index (κ1) is 16.5. The first-order valence-electron chi connectivity index (χ1n) is 8.94. The summed E-state index contributed by atoms with van der Waals surface area (Å²) in [6.45, 7) is 9.20. The van der Waals surface area contributed by atoms with Crippen molar-refractivity contribution >= 4 is 0 Å². The predicted octanol–water partition coefficient (Wildman–Crippen LogP) is 5.82. The minimum absolute atomic E-state index is 0.449. The Hall–Kier alpha value is -0.820. The molecule has 118 valence electrons. The van der Waals surface area contributed by atoms with Gasteiger partial charge in [-0.3, -0.25) is 0 Å². The fourth-order valence-corrected chi connectivity index (χ4v) is 3.61. The summed E-state index contributed by atoms with van der Waals surface area (Å²) >= 11 is 0. The van der Waals surface area contributed by atoms with Gasteiger partial charge in [-0.2, -0.15) is 0 Å². The van der Waals surface area contributed by atoms with Crippen LogP contribution in [0.5, 0.6) is 0 Å². The lowest BCUT2D eigenvalue weighted by Gasteiger charge is -2.27. The molecule has 0 aromatic heterocycles. The summed E-state index contributed by atoms with van der Waals surface area (Å²) in [5, 5.41) is 3.84. The third kappa shape index (κ3) is 4.85. The van der Waals surface area contributed by atoms with Crippen molar-refractivity contribution in [3.8, 4) is 0 Å². The van der Waals surface area contributed by atoms with Crippen molar-refractivity contribution in [2.45, 2.75) is 84.2 Å². The van der Waals surface area contributed by atoms with Crippen molar-refractivity contribution in [1.29, 1.82) is 0 Å². The van der Waals surface area contributed by atoms with E-state index in [1.54, 1.807) is 0 Å². The molecule has 1 aromatic rings. The lowest BCUT2D eigenvalue weighted by Crippen LogP contribution is -2.35. The van der Waals surface area contributed by atoms with E-state index in [2.05, 4.69) is 57.3 Å². The highest BCUT2D eigenvalue weighted by Gasteiger charge is 2.20. The van der Waals surface area contributed by atoms with E-state index in [9.17, 15) is 0 Å². The average molecular weight is 287 g/mol. The van der Waals surface area contributed by atoms with Gasteiger partial charge in [0, 0.05) is 12.1 Å². The van der Waals surface area contributed by atoms with Gasteiger partial charge in [0.1, 0.15) is 0 Å². The van der Waals surface area contributed by atoms with E-state index in [0.717, 1.165) is 5.92 Å². The van der Waals surface area contributed by atoms with E-state index in [-0.39, 0.29) is 0 Å². The number of rotatable bonds is 5.